The van der Waals surface area contributed by atoms with Gasteiger partial charge in [0.1, 0.15) is 12.6 Å². The average Bonchev–Trinajstić information content (AvgIpc) is 3.21. The van der Waals surface area contributed by atoms with E-state index < -0.39 is 18.1 Å². The van der Waals surface area contributed by atoms with Gasteiger partial charge in [0.2, 0.25) is 0 Å². The maximum atomic E-state index is 13.0. The monoisotopic (exact) mass is 470 g/mol. The molecule has 1 aliphatic heterocycles. The number of carboxylic acid groups (broad SMARTS) is 1. The number of nitrogens with zero attached hydrogens (tertiary/aromatic N) is 1. The van der Waals surface area contributed by atoms with Gasteiger partial charge in [0.25, 0.3) is 5.91 Å². The van der Waals surface area contributed by atoms with Gasteiger partial charge in [0.15, 0.2) is 0 Å². The Labute approximate surface area is 203 Å². The number of rotatable bonds is 5. The summed E-state index contributed by atoms with van der Waals surface area (Å²) in [5.74, 6) is -1.40. The highest BCUT2D eigenvalue weighted by Gasteiger charge is 2.33. The van der Waals surface area contributed by atoms with Crippen LogP contribution in [-0.4, -0.2) is 47.2 Å². The second kappa shape index (κ2) is 9.62. The zero-order valence-electron chi connectivity index (χ0n) is 19.1. The van der Waals surface area contributed by atoms with Crippen molar-refractivity contribution < 1.29 is 24.2 Å². The molecule has 3 aromatic carbocycles. The van der Waals surface area contributed by atoms with Crippen LogP contribution < -0.4 is 5.32 Å². The van der Waals surface area contributed by atoms with Crippen LogP contribution in [0.1, 0.15) is 46.7 Å². The molecule has 0 spiro atoms. The average molecular weight is 471 g/mol. The molecule has 0 saturated carbocycles. The highest BCUT2D eigenvalue weighted by atomic mass is 16.5. The summed E-state index contributed by atoms with van der Waals surface area (Å²) in [4.78, 5) is 38.6. The number of hydrogen-bond acceptors (Lipinski definition) is 4. The van der Waals surface area contributed by atoms with E-state index in [1.807, 2.05) is 24.3 Å². The molecule has 0 aromatic heterocycles. The Balaban J connectivity index is 1.26. The van der Waals surface area contributed by atoms with E-state index in [2.05, 4.69) is 29.6 Å². The molecule has 1 fully saturated rings. The fourth-order valence-corrected chi connectivity index (χ4v) is 5.08. The van der Waals surface area contributed by atoms with E-state index in [9.17, 15) is 19.5 Å². The summed E-state index contributed by atoms with van der Waals surface area (Å²) in [6.07, 6.45) is 1.38. The van der Waals surface area contributed by atoms with Gasteiger partial charge < -0.3 is 14.7 Å². The molecule has 1 heterocycles. The number of likely N-dealkylation sites (tertiary alicyclic amines) is 1. The fraction of sp³-hybridized carbons (Fsp3) is 0.250. The largest absolute Gasteiger partial charge is 0.480 e. The molecule has 1 aliphatic carbocycles. The Hall–Kier alpha value is -4.13. The fourth-order valence-electron chi connectivity index (χ4n) is 5.08. The van der Waals surface area contributed by atoms with Gasteiger partial charge >= 0.3 is 12.1 Å². The van der Waals surface area contributed by atoms with Crippen molar-refractivity contribution >= 4 is 23.7 Å². The van der Waals surface area contributed by atoms with Crippen molar-refractivity contribution in [1.82, 2.24) is 4.90 Å². The first-order chi connectivity index (χ1) is 17.0. The summed E-state index contributed by atoms with van der Waals surface area (Å²) in [6, 6.07) is 21.9. The molecule has 7 heteroatoms. The number of carbonyl (C=O) groups excluding carboxylic acids is 2. The molecule has 0 bridgehead atoms. The molecule has 1 unspecified atom stereocenters. The number of carboxylic acids is 1. The van der Waals surface area contributed by atoms with E-state index in [1.165, 1.54) is 4.90 Å². The molecule has 178 valence electrons. The van der Waals surface area contributed by atoms with E-state index in [0.717, 1.165) is 35.1 Å². The minimum atomic E-state index is -0.994. The standard InChI is InChI=1S/C28H26N2O5/c31-26(30-15-6-5-14-25(30)27(32)33)18-8-7-9-19(16-18)29-28(34)35-17-24-22-12-3-1-10-20(22)21-11-2-4-13-23(21)24/h1-4,7-13,16,24-25H,5-6,14-15,17H2,(H,29,34)(H,32,33). The summed E-state index contributed by atoms with van der Waals surface area (Å²) in [7, 11) is 0. The van der Waals surface area contributed by atoms with Crippen molar-refractivity contribution in [3.05, 3.63) is 89.5 Å². The number of anilines is 1. The quantitative estimate of drug-likeness (QED) is 0.539. The van der Waals surface area contributed by atoms with Gasteiger partial charge in [-0.05, 0) is 59.7 Å². The van der Waals surface area contributed by atoms with E-state index >= 15 is 0 Å². The van der Waals surface area contributed by atoms with Crippen LogP contribution in [0, 0.1) is 0 Å². The SMILES string of the molecule is O=C(Nc1cccc(C(=O)N2CCCCC2C(=O)O)c1)OCC1c2ccccc2-c2ccccc21. The smallest absolute Gasteiger partial charge is 0.411 e. The van der Waals surface area contributed by atoms with E-state index in [4.69, 9.17) is 4.74 Å². The predicted molar refractivity (Wildman–Crippen MR) is 131 cm³/mol. The van der Waals surface area contributed by atoms with Crippen LogP contribution in [0.5, 0.6) is 0 Å². The molecule has 3 aromatic rings. The number of fused-ring (bicyclic) bond motifs is 3. The van der Waals surface area contributed by atoms with Crippen LogP contribution in [0.2, 0.25) is 0 Å². The number of ether oxygens (including phenoxy) is 1. The van der Waals surface area contributed by atoms with E-state index in [1.54, 1.807) is 24.3 Å². The number of piperidine rings is 1. The third kappa shape index (κ3) is 4.49. The van der Waals surface area contributed by atoms with Crippen LogP contribution in [-0.2, 0) is 9.53 Å². The molecule has 35 heavy (non-hydrogen) atoms. The number of benzene rings is 3. The third-order valence-corrected chi connectivity index (χ3v) is 6.75. The molecule has 2 N–H and O–H groups in total. The van der Waals surface area contributed by atoms with Gasteiger partial charge in [-0.3, -0.25) is 10.1 Å². The lowest BCUT2D eigenvalue weighted by atomic mass is 9.98. The lowest BCUT2D eigenvalue weighted by Gasteiger charge is -2.33. The first-order valence-electron chi connectivity index (χ1n) is 11.8. The maximum Gasteiger partial charge on any atom is 0.411 e. The topological polar surface area (TPSA) is 95.9 Å². The predicted octanol–water partition coefficient (Wildman–Crippen LogP) is 5.13. The molecule has 1 atom stereocenters. The number of carbonyl (C=O) groups is 3. The second-order valence-corrected chi connectivity index (χ2v) is 8.88. The summed E-state index contributed by atoms with van der Waals surface area (Å²) in [5.41, 5.74) is 5.31. The second-order valence-electron chi connectivity index (χ2n) is 8.88. The number of aliphatic carboxylic acids is 1. The van der Waals surface area contributed by atoms with Crippen molar-refractivity contribution in [1.29, 1.82) is 0 Å². The molecular formula is C28H26N2O5. The first-order valence-corrected chi connectivity index (χ1v) is 11.8. The van der Waals surface area contributed by atoms with Gasteiger partial charge in [-0.1, -0.05) is 54.6 Å². The Morgan fingerprint density at radius 1 is 0.914 bits per heavy atom. The van der Waals surface area contributed by atoms with Crippen LogP contribution in [0.15, 0.2) is 72.8 Å². The van der Waals surface area contributed by atoms with Crippen molar-refractivity contribution in [3.8, 4) is 11.1 Å². The van der Waals surface area contributed by atoms with Crippen LogP contribution in [0.25, 0.3) is 11.1 Å². The molecule has 5 rings (SSSR count). The Bertz CT molecular complexity index is 1240. The summed E-state index contributed by atoms with van der Waals surface area (Å²) >= 11 is 0. The zero-order valence-corrected chi connectivity index (χ0v) is 19.1. The Morgan fingerprint density at radius 3 is 2.29 bits per heavy atom. The van der Waals surface area contributed by atoms with Crippen molar-refractivity contribution in [2.45, 2.75) is 31.2 Å². The Morgan fingerprint density at radius 2 is 1.60 bits per heavy atom. The molecule has 1 saturated heterocycles. The lowest BCUT2D eigenvalue weighted by Crippen LogP contribution is -2.48. The van der Waals surface area contributed by atoms with Crippen LogP contribution >= 0.6 is 0 Å². The Kier molecular flexibility index (Phi) is 6.23. The minimum absolute atomic E-state index is 0.0480. The van der Waals surface area contributed by atoms with Gasteiger partial charge in [-0.15, -0.1) is 0 Å². The number of hydrogen-bond donors (Lipinski definition) is 2. The summed E-state index contributed by atoms with van der Waals surface area (Å²) in [5, 5.41) is 12.2. The van der Waals surface area contributed by atoms with Gasteiger partial charge in [-0.2, -0.15) is 0 Å². The highest BCUT2D eigenvalue weighted by Crippen LogP contribution is 2.44. The maximum absolute atomic E-state index is 13.0. The first kappa shape index (κ1) is 22.7. The number of amides is 2. The van der Waals surface area contributed by atoms with Gasteiger partial charge in [-0.25, -0.2) is 9.59 Å². The van der Waals surface area contributed by atoms with Crippen LogP contribution in [0.4, 0.5) is 10.5 Å². The molecule has 7 nitrogen and oxygen atoms in total. The van der Waals surface area contributed by atoms with Crippen molar-refractivity contribution in [2.75, 3.05) is 18.5 Å². The van der Waals surface area contributed by atoms with Crippen molar-refractivity contribution in [2.24, 2.45) is 0 Å². The summed E-state index contributed by atoms with van der Waals surface area (Å²) < 4.78 is 5.59. The van der Waals surface area contributed by atoms with E-state index in [-0.39, 0.29) is 18.4 Å². The normalized spacial score (nSPS) is 16.8. The molecule has 2 aliphatic rings. The zero-order chi connectivity index (χ0) is 24.4. The van der Waals surface area contributed by atoms with Gasteiger partial charge in [0.05, 0.1) is 0 Å². The van der Waals surface area contributed by atoms with E-state index in [0.29, 0.717) is 24.2 Å². The minimum Gasteiger partial charge on any atom is -0.480 e. The van der Waals surface area contributed by atoms with Crippen molar-refractivity contribution in [3.63, 3.8) is 0 Å². The third-order valence-electron chi connectivity index (χ3n) is 6.75. The van der Waals surface area contributed by atoms with Crippen LogP contribution in [0.3, 0.4) is 0 Å². The summed E-state index contributed by atoms with van der Waals surface area (Å²) in [6.45, 7) is 0.590. The molecule has 0 radical (unpaired) electrons. The van der Waals surface area contributed by atoms with Gasteiger partial charge in [0, 0.05) is 23.7 Å². The lowest BCUT2D eigenvalue weighted by molar-refractivity contribution is -0.143. The molecular weight excluding hydrogens is 444 g/mol. The highest BCUT2D eigenvalue weighted by molar-refractivity contribution is 5.98. The number of nitrogens with one attached hydrogen (secondary N) is 1. The molecule has 2 amide bonds.